The van der Waals surface area contributed by atoms with E-state index < -0.39 is 5.41 Å². The van der Waals surface area contributed by atoms with Crippen LogP contribution in [-0.4, -0.2) is 0 Å². The van der Waals surface area contributed by atoms with Crippen LogP contribution in [0.1, 0.15) is 37.7 Å². The zero-order chi connectivity index (χ0) is 16.9. The van der Waals surface area contributed by atoms with Crippen LogP contribution in [0.2, 0.25) is 0 Å². The number of nitrogens with two attached hydrogens (primary N) is 1. The van der Waals surface area contributed by atoms with Crippen LogP contribution in [0.3, 0.4) is 0 Å². The highest BCUT2D eigenvalue weighted by atomic mass is 14.7. The van der Waals surface area contributed by atoms with Gasteiger partial charge in [-0.15, -0.1) is 0 Å². The predicted molar refractivity (Wildman–Crippen MR) is 87.3 cm³/mol. The van der Waals surface area contributed by atoms with E-state index in [0.717, 1.165) is 24.0 Å². The monoisotopic (exact) mass is 302 g/mol. The molecule has 0 heterocycles. The first-order chi connectivity index (χ1) is 11.1. The van der Waals surface area contributed by atoms with Gasteiger partial charge in [-0.25, -0.2) is 0 Å². The summed E-state index contributed by atoms with van der Waals surface area (Å²) in [6.45, 7) is 2.06. The summed E-state index contributed by atoms with van der Waals surface area (Å²) >= 11 is 0. The smallest absolute Gasteiger partial charge is 0.191 e. The van der Waals surface area contributed by atoms with Gasteiger partial charge in [-0.3, -0.25) is 0 Å². The quantitative estimate of drug-likeness (QED) is 0.921. The Morgan fingerprint density at radius 2 is 1.87 bits per heavy atom. The Bertz CT molecular complexity index is 752. The molecule has 0 fully saturated rings. The van der Waals surface area contributed by atoms with Crippen molar-refractivity contribution < 1.29 is 0 Å². The van der Waals surface area contributed by atoms with Crippen molar-refractivity contribution in [2.75, 3.05) is 0 Å². The summed E-state index contributed by atoms with van der Waals surface area (Å²) < 4.78 is 0. The van der Waals surface area contributed by atoms with Gasteiger partial charge in [-0.05, 0) is 24.0 Å². The Kier molecular flexibility index (Phi) is 4.85. The van der Waals surface area contributed by atoms with Crippen LogP contribution >= 0.6 is 0 Å². The van der Waals surface area contributed by atoms with Crippen LogP contribution in [0, 0.1) is 39.4 Å². The lowest BCUT2D eigenvalue weighted by molar-refractivity contribution is 0.447. The number of unbranched alkanes of at least 4 members (excludes halogenated alkanes) is 1. The average molecular weight is 302 g/mol. The molecule has 0 radical (unpaired) electrons. The summed E-state index contributed by atoms with van der Waals surface area (Å²) in [6, 6.07) is 15.7. The number of hydrogen-bond acceptors (Lipinski definition) is 4. The largest absolute Gasteiger partial charge is 0.399 e. The molecule has 1 aromatic carbocycles. The fourth-order valence-electron chi connectivity index (χ4n) is 3.02. The van der Waals surface area contributed by atoms with Crippen molar-refractivity contribution in [1.29, 1.82) is 15.8 Å². The van der Waals surface area contributed by atoms with Crippen molar-refractivity contribution in [3.05, 3.63) is 58.8 Å². The molecule has 0 unspecified atom stereocenters. The standard InChI is InChI=1S/C19H18N4/c1-2-3-7-15-10-17(14-8-5-4-6-9-14)19(12-21,13-22)18(23)16(15)11-20/h4-9,17H,2-3,10,23H2,1H3/b15-7+/t17-/m1/s1. The van der Waals surface area contributed by atoms with Gasteiger partial charge in [0, 0.05) is 5.92 Å². The second-order valence-electron chi connectivity index (χ2n) is 5.62. The van der Waals surface area contributed by atoms with Crippen molar-refractivity contribution in [3.63, 3.8) is 0 Å². The van der Waals surface area contributed by atoms with Gasteiger partial charge in [0.1, 0.15) is 6.07 Å². The molecule has 0 spiro atoms. The minimum absolute atomic E-state index is 0.0763. The molecule has 0 saturated carbocycles. The van der Waals surface area contributed by atoms with E-state index in [2.05, 4.69) is 25.1 Å². The molecule has 1 atom stereocenters. The summed E-state index contributed by atoms with van der Waals surface area (Å²) in [5.41, 5.74) is 6.73. The van der Waals surface area contributed by atoms with Crippen molar-refractivity contribution >= 4 is 0 Å². The van der Waals surface area contributed by atoms with Crippen molar-refractivity contribution in [2.45, 2.75) is 32.1 Å². The van der Waals surface area contributed by atoms with Gasteiger partial charge >= 0.3 is 0 Å². The zero-order valence-corrected chi connectivity index (χ0v) is 13.1. The Morgan fingerprint density at radius 1 is 1.22 bits per heavy atom. The highest BCUT2D eigenvalue weighted by molar-refractivity contribution is 5.57. The van der Waals surface area contributed by atoms with Gasteiger partial charge in [0.2, 0.25) is 0 Å². The summed E-state index contributed by atoms with van der Waals surface area (Å²) in [5, 5.41) is 28.9. The van der Waals surface area contributed by atoms with Crippen molar-refractivity contribution in [1.82, 2.24) is 0 Å². The van der Waals surface area contributed by atoms with E-state index in [1.807, 2.05) is 36.4 Å². The lowest BCUT2D eigenvalue weighted by atomic mass is 9.63. The van der Waals surface area contributed by atoms with Crippen molar-refractivity contribution in [3.8, 4) is 18.2 Å². The van der Waals surface area contributed by atoms with Gasteiger partial charge in [0.15, 0.2) is 5.41 Å². The molecular weight excluding hydrogens is 284 g/mol. The molecule has 4 heteroatoms. The first kappa shape index (κ1) is 16.3. The van der Waals surface area contributed by atoms with Gasteiger partial charge in [0.05, 0.1) is 23.4 Å². The van der Waals surface area contributed by atoms with Gasteiger partial charge < -0.3 is 5.73 Å². The first-order valence-electron chi connectivity index (χ1n) is 7.61. The van der Waals surface area contributed by atoms with Crippen LogP contribution < -0.4 is 5.73 Å². The Balaban J connectivity index is 2.69. The molecule has 23 heavy (non-hydrogen) atoms. The van der Waals surface area contributed by atoms with Crippen LogP contribution in [-0.2, 0) is 0 Å². The predicted octanol–water partition coefficient (Wildman–Crippen LogP) is 3.67. The number of nitriles is 3. The van der Waals surface area contributed by atoms with Crippen LogP contribution in [0.4, 0.5) is 0 Å². The summed E-state index contributed by atoms with van der Waals surface area (Å²) in [7, 11) is 0. The van der Waals surface area contributed by atoms with E-state index in [0.29, 0.717) is 6.42 Å². The van der Waals surface area contributed by atoms with E-state index >= 15 is 0 Å². The molecule has 2 rings (SSSR count). The van der Waals surface area contributed by atoms with Crippen molar-refractivity contribution in [2.24, 2.45) is 11.1 Å². The van der Waals surface area contributed by atoms with Gasteiger partial charge in [-0.2, -0.15) is 15.8 Å². The fraction of sp³-hybridized carbons (Fsp3) is 0.316. The molecule has 4 nitrogen and oxygen atoms in total. The highest BCUT2D eigenvalue weighted by Gasteiger charge is 2.48. The molecule has 1 aliphatic rings. The summed E-state index contributed by atoms with van der Waals surface area (Å²) in [5.74, 6) is -0.376. The van der Waals surface area contributed by atoms with E-state index in [1.165, 1.54) is 0 Å². The minimum Gasteiger partial charge on any atom is -0.399 e. The average Bonchev–Trinajstić information content (AvgIpc) is 2.60. The molecule has 0 bridgehead atoms. The fourth-order valence-corrected chi connectivity index (χ4v) is 3.02. The molecule has 0 aromatic heterocycles. The van der Waals surface area contributed by atoms with Crippen LogP contribution in [0.25, 0.3) is 0 Å². The second-order valence-corrected chi connectivity index (χ2v) is 5.62. The second kappa shape index (κ2) is 6.82. The molecule has 0 aliphatic heterocycles. The molecule has 2 N–H and O–H groups in total. The number of rotatable bonds is 3. The Morgan fingerprint density at radius 3 is 2.39 bits per heavy atom. The minimum atomic E-state index is -1.50. The Labute approximate surface area is 136 Å². The molecule has 114 valence electrons. The normalized spacial score (nSPS) is 21.3. The molecule has 1 aliphatic carbocycles. The third kappa shape index (κ3) is 2.70. The lowest BCUT2D eigenvalue weighted by Crippen LogP contribution is -2.37. The Hall–Kier alpha value is -3.03. The molecule has 0 amide bonds. The van der Waals surface area contributed by atoms with Gasteiger partial charge in [-0.1, -0.05) is 49.8 Å². The third-order valence-corrected chi connectivity index (χ3v) is 4.31. The van der Waals surface area contributed by atoms with Crippen LogP contribution in [0.15, 0.2) is 53.3 Å². The van der Waals surface area contributed by atoms with E-state index in [1.54, 1.807) is 0 Å². The summed E-state index contributed by atoms with van der Waals surface area (Å²) in [6.07, 6.45) is 4.26. The highest BCUT2D eigenvalue weighted by Crippen LogP contribution is 2.49. The van der Waals surface area contributed by atoms with E-state index in [4.69, 9.17) is 5.73 Å². The van der Waals surface area contributed by atoms with Gasteiger partial charge in [0.25, 0.3) is 0 Å². The maximum absolute atomic E-state index is 9.70. The summed E-state index contributed by atoms with van der Waals surface area (Å²) in [4.78, 5) is 0. The zero-order valence-electron chi connectivity index (χ0n) is 13.1. The van der Waals surface area contributed by atoms with E-state index in [-0.39, 0.29) is 17.2 Å². The molecular formula is C19H18N4. The molecule has 0 saturated heterocycles. The first-order valence-corrected chi connectivity index (χ1v) is 7.61. The SMILES string of the molecule is CCC/C=C1\C[C@H](c2ccccc2)C(C#N)(C#N)C(N)=C1C#N. The topological polar surface area (TPSA) is 97.4 Å². The lowest BCUT2D eigenvalue weighted by Gasteiger charge is -2.35. The molecule has 1 aromatic rings. The number of benzene rings is 1. The van der Waals surface area contributed by atoms with Crippen LogP contribution in [0.5, 0.6) is 0 Å². The number of allylic oxidation sites excluding steroid dienone is 4. The van der Waals surface area contributed by atoms with E-state index in [9.17, 15) is 15.8 Å². The maximum Gasteiger partial charge on any atom is 0.191 e. The maximum atomic E-state index is 9.70. The number of hydrogen-bond donors (Lipinski definition) is 1. The third-order valence-electron chi connectivity index (χ3n) is 4.31. The number of nitrogens with zero attached hydrogens (tertiary/aromatic N) is 3.